The first-order valence-electron chi connectivity index (χ1n) is 6.60. The predicted molar refractivity (Wildman–Crippen MR) is 76.8 cm³/mol. The minimum absolute atomic E-state index is 0.571. The Kier molecular flexibility index (Phi) is 3.09. The van der Waals surface area contributed by atoms with Gasteiger partial charge in [0.1, 0.15) is 0 Å². The molecule has 2 aromatic heterocycles. The van der Waals surface area contributed by atoms with Gasteiger partial charge in [-0.25, -0.2) is 0 Å². The number of nitrogens with zero attached hydrogens (tertiary/aromatic N) is 3. The maximum absolute atomic E-state index is 5.82. The van der Waals surface area contributed by atoms with Crippen molar-refractivity contribution in [1.29, 1.82) is 0 Å². The zero-order chi connectivity index (χ0) is 13.2. The SMILES string of the molecule is CCn1cc(Cn2cc(CN)c3ccccc32)cn1. The van der Waals surface area contributed by atoms with Crippen molar-refractivity contribution < 1.29 is 0 Å². The molecule has 3 aromatic rings. The number of hydrogen-bond acceptors (Lipinski definition) is 2. The zero-order valence-corrected chi connectivity index (χ0v) is 11.1. The van der Waals surface area contributed by atoms with Crippen LogP contribution in [0.25, 0.3) is 10.9 Å². The maximum atomic E-state index is 5.82. The number of para-hydroxylation sites is 1. The van der Waals surface area contributed by atoms with Gasteiger partial charge in [-0.1, -0.05) is 18.2 Å². The van der Waals surface area contributed by atoms with Crippen LogP contribution in [0.5, 0.6) is 0 Å². The van der Waals surface area contributed by atoms with E-state index in [0.717, 1.165) is 13.1 Å². The molecular formula is C15H18N4. The van der Waals surface area contributed by atoms with Gasteiger partial charge in [-0.15, -0.1) is 0 Å². The molecule has 0 aliphatic rings. The van der Waals surface area contributed by atoms with Crippen molar-refractivity contribution in [2.45, 2.75) is 26.6 Å². The second-order valence-corrected chi connectivity index (χ2v) is 4.71. The molecule has 3 rings (SSSR count). The van der Waals surface area contributed by atoms with Crippen LogP contribution >= 0.6 is 0 Å². The van der Waals surface area contributed by atoms with Crippen molar-refractivity contribution in [2.24, 2.45) is 5.73 Å². The monoisotopic (exact) mass is 254 g/mol. The van der Waals surface area contributed by atoms with Crippen LogP contribution in [-0.4, -0.2) is 14.3 Å². The quantitative estimate of drug-likeness (QED) is 0.777. The maximum Gasteiger partial charge on any atom is 0.0539 e. The highest BCUT2D eigenvalue weighted by Crippen LogP contribution is 2.21. The Hall–Kier alpha value is -2.07. The summed E-state index contributed by atoms with van der Waals surface area (Å²) >= 11 is 0. The van der Waals surface area contributed by atoms with Gasteiger partial charge in [-0.05, 0) is 18.6 Å². The van der Waals surface area contributed by atoms with Crippen LogP contribution in [-0.2, 0) is 19.6 Å². The Morgan fingerprint density at radius 2 is 2.05 bits per heavy atom. The van der Waals surface area contributed by atoms with E-state index < -0.39 is 0 Å². The van der Waals surface area contributed by atoms with E-state index in [1.165, 1.54) is 22.0 Å². The standard InChI is InChI=1S/C15H18N4/c1-2-19-10-12(8-17-19)9-18-11-13(7-16)14-5-3-4-6-15(14)18/h3-6,8,10-11H,2,7,9,16H2,1H3. The van der Waals surface area contributed by atoms with E-state index >= 15 is 0 Å². The molecule has 19 heavy (non-hydrogen) atoms. The Labute approximate surface area is 112 Å². The Morgan fingerprint density at radius 3 is 2.79 bits per heavy atom. The van der Waals surface area contributed by atoms with Crippen molar-refractivity contribution in [3.8, 4) is 0 Å². The number of fused-ring (bicyclic) bond motifs is 1. The molecule has 0 aliphatic carbocycles. The lowest BCUT2D eigenvalue weighted by Gasteiger charge is -2.02. The van der Waals surface area contributed by atoms with Gasteiger partial charge < -0.3 is 10.3 Å². The molecule has 0 saturated carbocycles. The summed E-state index contributed by atoms with van der Waals surface area (Å²) < 4.78 is 4.19. The summed E-state index contributed by atoms with van der Waals surface area (Å²) in [6.07, 6.45) is 6.17. The van der Waals surface area contributed by atoms with E-state index in [1.54, 1.807) is 0 Å². The summed E-state index contributed by atoms with van der Waals surface area (Å²) in [5, 5.41) is 5.56. The van der Waals surface area contributed by atoms with E-state index in [2.05, 4.69) is 53.2 Å². The number of benzene rings is 1. The number of aryl methyl sites for hydroxylation is 1. The summed E-state index contributed by atoms with van der Waals surface area (Å²) in [5.74, 6) is 0. The first kappa shape index (κ1) is 12.0. The average molecular weight is 254 g/mol. The van der Waals surface area contributed by atoms with Crippen molar-refractivity contribution in [3.63, 3.8) is 0 Å². The molecular weight excluding hydrogens is 236 g/mol. The van der Waals surface area contributed by atoms with Crippen molar-refractivity contribution >= 4 is 10.9 Å². The van der Waals surface area contributed by atoms with Crippen LogP contribution in [0.3, 0.4) is 0 Å². The second-order valence-electron chi connectivity index (χ2n) is 4.71. The lowest BCUT2D eigenvalue weighted by Crippen LogP contribution is -1.98. The van der Waals surface area contributed by atoms with Crippen molar-refractivity contribution in [3.05, 3.63) is 54.0 Å². The van der Waals surface area contributed by atoms with E-state index in [9.17, 15) is 0 Å². The third kappa shape index (κ3) is 2.15. The Balaban J connectivity index is 2.00. The molecule has 0 fully saturated rings. The van der Waals surface area contributed by atoms with Gasteiger partial charge in [0, 0.05) is 41.9 Å². The van der Waals surface area contributed by atoms with Gasteiger partial charge in [0.15, 0.2) is 0 Å². The van der Waals surface area contributed by atoms with Gasteiger partial charge in [-0.2, -0.15) is 5.10 Å². The number of rotatable bonds is 4. The van der Waals surface area contributed by atoms with Crippen LogP contribution in [0.4, 0.5) is 0 Å². The third-order valence-electron chi connectivity index (χ3n) is 3.45. The highest BCUT2D eigenvalue weighted by molar-refractivity contribution is 5.84. The van der Waals surface area contributed by atoms with Gasteiger partial charge in [-0.3, -0.25) is 4.68 Å². The largest absolute Gasteiger partial charge is 0.343 e. The smallest absolute Gasteiger partial charge is 0.0539 e. The van der Waals surface area contributed by atoms with E-state index in [0.29, 0.717) is 6.54 Å². The first-order valence-corrected chi connectivity index (χ1v) is 6.60. The average Bonchev–Trinajstić information content (AvgIpc) is 3.04. The van der Waals surface area contributed by atoms with E-state index in [1.807, 2.05) is 10.9 Å². The van der Waals surface area contributed by atoms with Crippen LogP contribution in [0.15, 0.2) is 42.9 Å². The highest BCUT2D eigenvalue weighted by atomic mass is 15.3. The van der Waals surface area contributed by atoms with Gasteiger partial charge in [0.05, 0.1) is 12.7 Å². The molecule has 0 atom stereocenters. The van der Waals surface area contributed by atoms with Crippen LogP contribution in [0.1, 0.15) is 18.1 Å². The number of nitrogens with two attached hydrogens (primary N) is 1. The minimum atomic E-state index is 0.571. The molecule has 0 radical (unpaired) electrons. The fraction of sp³-hybridized carbons (Fsp3) is 0.267. The molecule has 4 nitrogen and oxygen atoms in total. The predicted octanol–water partition coefficient (Wildman–Crippen LogP) is 2.36. The molecule has 98 valence electrons. The molecule has 0 bridgehead atoms. The van der Waals surface area contributed by atoms with Gasteiger partial charge in [0.25, 0.3) is 0 Å². The molecule has 0 amide bonds. The topological polar surface area (TPSA) is 48.8 Å². The van der Waals surface area contributed by atoms with Gasteiger partial charge in [0.2, 0.25) is 0 Å². The molecule has 2 N–H and O–H groups in total. The summed E-state index contributed by atoms with van der Waals surface area (Å²) in [6.45, 7) is 4.40. The summed E-state index contributed by atoms with van der Waals surface area (Å²) in [4.78, 5) is 0. The molecule has 0 spiro atoms. The fourth-order valence-corrected chi connectivity index (χ4v) is 2.47. The molecule has 4 heteroatoms. The lowest BCUT2D eigenvalue weighted by molar-refractivity contribution is 0.658. The molecule has 1 aromatic carbocycles. The minimum Gasteiger partial charge on any atom is -0.343 e. The third-order valence-corrected chi connectivity index (χ3v) is 3.45. The molecule has 0 unspecified atom stereocenters. The first-order chi connectivity index (χ1) is 9.31. The molecule has 0 aliphatic heterocycles. The number of aromatic nitrogens is 3. The van der Waals surface area contributed by atoms with E-state index in [-0.39, 0.29) is 0 Å². The normalized spacial score (nSPS) is 11.3. The van der Waals surface area contributed by atoms with Gasteiger partial charge >= 0.3 is 0 Å². The summed E-state index contributed by atoms with van der Waals surface area (Å²) in [6, 6.07) is 8.39. The molecule has 2 heterocycles. The molecule has 0 saturated heterocycles. The Bertz CT molecular complexity index is 693. The highest BCUT2D eigenvalue weighted by Gasteiger charge is 2.07. The fourth-order valence-electron chi connectivity index (χ4n) is 2.47. The Morgan fingerprint density at radius 1 is 1.21 bits per heavy atom. The van der Waals surface area contributed by atoms with Crippen molar-refractivity contribution in [2.75, 3.05) is 0 Å². The van der Waals surface area contributed by atoms with E-state index in [4.69, 9.17) is 5.73 Å². The zero-order valence-electron chi connectivity index (χ0n) is 11.1. The van der Waals surface area contributed by atoms with Crippen LogP contribution in [0, 0.1) is 0 Å². The van der Waals surface area contributed by atoms with Crippen LogP contribution < -0.4 is 5.73 Å². The second kappa shape index (κ2) is 4.90. The number of hydrogen-bond donors (Lipinski definition) is 1. The summed E-state index contributed by atoms with van der Waals surface area (Å²) in [7, 11) is 0. The van der Waals surface area contributed by atoms with Crippen LogP contribution in [0.2, 0.25) is 0 Å². The summed E-state index contributed by atoms with van der Waals surface area (Å²) in [5.41, 5.74) is 9.45. The van der Waals surface area contributed by atoms with Crippen molar-refractivity contribution in [1.82, 2.24) is 14.3 Å². The lowest BCUT2D eigenvalue weighted by atomic mass is 10.2.